The molecule has 3 heteroatoms. The number of rotatable bonds is 2. The Balaban J connectivity index is 2.52. The molecular weight excluding hydrogens is 212 g/mol. The predicted molar refractivity (Wildman–Crippen MR) is 67.3 cm³/mol. The van der Waals surface area contributed by atoms with Gasteiger partial charge >= 0.3 is 0 Å². The van der Waals surface area contributed by atoms with Crippen molar-refractivity contribution < 1.29 is 4.79 Å². The smallest absolute Gasteiger partial charge is 0.211 e. The molecule has 1 heterocycles. The van der Waals surface area contributed by atoms with Crippen LogP contribution in [0, 0.1) is 20.8 Å². The zero-order valence-corrected chi connectivity index (χ0v) is 10.6. The van der Waals surface area contributed by atoms with Crippen LogP contribution in [-0.2, 0) is 7.05 Å². The van der Waals surface area contributed by atoms with E-state index in [0.717, 1.165) is 16.7 Å². The maximum atomic E-state index is 12.4. The van der Waals surface area contributed by atoms with Crippen molar-refractivity contribution >= 4 is 5.78 Å². The molecule has 0 atom stereocenters. The molecule has 0 aliphatic rings. The Morgan fingerprint density at radius 3 is 2.35 bits per heavy atom. The number of hydrogen-bond donors (Lipinski definition) is 0. The highest BCUT2D eigenvalue weighted by molar-refractivity contribution is 6.08. The molecule has 88 valence electrons. The third-order valence-corrected chi connectivity index (χ3v) is 3.13. The topological polar surface area (TPSA) is 34.9 Å². The SMILES string of the molecule is Cc1cc(C)c(C(=O)c2cncn2C)cc1C. The highest BCUT2D eigenvalue weighted by Gasteiger charge is 2.15. The number of nitrogens with zero attached hydrogens (tertiary/aromatic N) is 2. The van der Waals surface area contributed by atoms with E-state index >= 15 is 0 Å². The number of hydrogen-bond acceptors (Lipinski definition) is 2. The van der Waals surface area contributed by atoms with E-state index in [1.165, 1.54) is 5.56 Å². The summed E-state index contributed by atoms with van der Waals surface area (Å²) in [4.78, 5) is 16.3. The van der Waals surface area contributed by atoms with Crippen LogP contribution in [0.3, 0.4) is 0 Å². The van der Waals surface area contributed by atoms with Crippen LogP contribution in [0.2, 0.25) is 0 Å². The first-order valence-electron chi connectivity index (χ1n) is 5.59. The molecule has 17 heavy (non-hydrogen) atoms. The Hall–Kier alpha value is -1.90. The normalized spacial score (nSPS) is 10.6. The van der Waals surface area contributed by atoms with Gasteiger partial charge in [-0.25, -0.2) is 4.98 Å². The van der Waals surface area contributed by atoms with Crippen molar-refractivity contribution in [3.8, 4) is 0 Å². The largest absolute Gasteiger partial charge is 0.331 e. The van der Waals surface area contributed by atoms with Crippen molar-refractivity contribution in [2.24, 2.45) is 7.05 Å². The summed E-state index contributed by atoms with van der Waals surface area (Å²) in [5, 5.41) is 0. The predicted octanol–water partition coefficient (Wildman–Crippen LogP) is 2.58. The minimum absolute atomic E-state index is 0.0330. The van der Waals surface area contributed by atoms with E-state index in [-0.39, 0.29) is 5.78 Å². The van der Waals surface area contributed by atoms with Crippen LogP contribution in [0.5, 0.6) is 0 Å². The molecule has 0 aliphatic carbocycles. The van der Waals surface area contributed by atoms with Crippen LogP contribution < -0.4 is 0 Å². The van der Waals surface area contributed by atoms with E-state index in [2.05, 4.69) is 18.0 Å². The van der Waals surface area contributed by atoms with Gasteiger partial charge in [-0.15, -0.1) is 0 Å². The lowest BCUT2D eigenvalue weighted by molar-refractivity contribution is 0.103. The van der Waals surface area contributed by atoms with Crippen LogP contribution in [0.4, 0.5) is 0 Å². The summed E-state index contributed by atoms with van der Waals surface area (Å²) in [7, 11) is 1.83. The molecule has 0 spiro atoms. The number of aryl methyl sites for hydroxylation is 4. The van der Waals surface area contributed by atoms with Gasteiger partial charge < -0.3 is 4.57 Å². The summed E-state index contributed by atoms with van der Waals surface area (Å²) < 4.78 is 1.75. The average Bonchev–Trinajstić information content (AvgIpc) is 2.69. The zero-order chi connectivity index (χ0) is 12.6. The highest BCUT2D eigenvalue weighted by atomic mass is 16.1. The second-order valence-electron chi connectivity index (χ2n) is 4.47. The van der Waals surface area contributed by atoms with E-state index in [0.29, 0.717) is 5.69 Å². The van der Waals surface area contributed by atoms with Gasteiger partial charge in [0.05, 0.1) is 12.5 Å². The van der Waals surface area contributed by atoms with Crippen LogP contribution in [0.25, 0.3) is 0 Å². The molecule has 0 fully saturated rings. The molecule has 1 aromatic carbocycles. The molecule has 0 saturated carbocycles. The van der Waals surface area contributed by atoms with E-state index in [1.54, 1.807) is 17.1 Å². The second kappa shape index (κ2) is 4.17. The van der Waals surface area contributed by atoms with E-state index in [4.69, 9.17) is 0 Å². The maximum absolute atomic E-state index is 12.4. The third kappa shape index (κ3) is 2.00. The van der Waals surface area contributed by atoms with Gasteiger partial charge in [0.2, 0.25) is 5.78 Å². The Kier molecular flexibility index (Phi) is 2.84. The molecule has 0 saturated heterocycles. The standard InChI is InChI=1S/C14H16N2O/c1-9-5-11(3)12(6-10(9)2)14(17)13-7-15-8-16(13)4/h5-8H,1-4H3. The van der Waals surface area contributed by atoms with Crippen LogP contribution in [-0.4, -0.2) is 15.3 Å². The van der Waals surface area contributed by atoms with Crippen molar-refractivity contribution in [3.63, 3.8) is 0 Å². The fourth-order valence-corrected chi connectivity index (χ4v) is 1.92. The molecule has 1 aromatic heterocycles. The molecule has 0 amide bonds. The van der Waals surface area contributed by atoms with Crippen LogP contribution in [0.15, 0.2) is 24.7 Å². The van der Waals surface area contributed by atoms with Crippen LogP contribution >= 0.6 is 0 Å². The van der Waals surface area contributed by atoms with Crippen molar-refractivity contribution in [1.29, 1.82) is 0 Å². The number of ketones is 1. The van der Waals surface area contributed by atoms with Gasteiger partial charge in [0, 0.05) is 12.6 Å². The third-order valence-electron chi connectivity index (χ3n) is 3.13. The van der Waals surface area contributed by atoms with Gasteiger partial charge in [0.25, 0.3) is 0 Å². The number of carbonyl (C=O) groups is 1. The van der Waals surface area contributed by atoms with Gasteiger partial charge in [-0.1, -0.05) is 6.07 Å². The number of benzene rings is 1. The molecular formula is C14H16N2O. The first-order chi connectivity index (χ1) is 8.00. The van der Waals surface area contributed by atoms with Crippen molar-refractivity contribution in [3.05, 3.63) is 52.6 Å². The Labute approximate surface area is 101 Å². The second-order valence-corrected chi connectivity index (χ2v) is 4.47. The lowest BCUT2D eigenvalue weighted by atomic mass is 9.97. The summed E-state index contributed by atoms with van der Waals surface area (Å²) in [6.07, 6.45) is 3.25. The lowest BCUT2D eigenvalue weighted by Crippen LogP contribution is -2.09. The lowest BCUT2D eigenvalue weighted by Gasteiger charge is -2.09. The Morgan fingerprint density at radius 1 is 1.12 bits per heavy atom. The van der Waals surface area contributed by atoms with Crippen LogP contribution in [0.1, 0.15) is 32.7 Å². The highest BCUT2D eigenvalue weighted by Crippen LogP contribution is 2.18. The average molecular weight is 228 g/mol. The molecule has 0 bridgehead atoms. The monoisotopic (exact) mass is 228 g/mol. The van der Waals surface area contributed by atoms with Crippen molar-refractivity contribution in [2.75, 3.05) is 0 Å². The molecule has 0 aliphatic heterocycles. The minimum atomic E-state index is 0.0330. The number of aromatic nitrogens is 2. The van der Waals surface area contributed by atoms with Gasteiger partial charge in [-0.3, -0.25) is 4.79 Å². The van der Waals surface area contributed by atoms with Gasteiger partial charge in [0.15, 0.2) is 0 Å². The molecule has 0 N–H and O–H groups in total. The quantitative estimate of drug-likeness (QED) is 0.740. The summed E-state index contributed by atoms with van der Waals surface area (Å²) >= 11 is 0. The fraction of sp³-hybridized carbons (Fsp3) is 0.286. The molecule has 0 radical (unpaired) electrons. The van der Waals surface area contributed by atoms with Gasteiger partial charge in [-0.05, 0) is 43.5 Å². The van der Waals surface area contributed by atoms with Crippen molar-refractivity contribution in [1.82, 2.24) is 9.55 Å². The van der Waals surface area contributed by atoms with E-state index < -0.39 is 0 Å². The summed E-state index contributed by atoms with van der Waals surface area (Å²) in [6.45, 7) is 6.05. The molecule has 2 rings (SSSR count). The fourth-order valence-electron chi connectivity index (χ4n) is 1.92. The van der Waals surface area contributed by atoms with Crippen molar-refractivity contribution in [2.45, 2.75) is 20.8 Å². The molecule has 3 nitrogen and oxygen atoms in total. The van der Waals surface area contributed by atoms with Gasteiger partial charge in [0.1, 0.15) is 5.69 Å². The first kappa shape index (κ1) is 11.6. The van der Waals surface area contributed by atoms with E-state index in [1.807, 2.05) is 27.0 Å². The van der Waals surface area contributed by atoms with E-state index in [9.17, 15) is 4.79 Å². The Morgan fingerprint density at radius 2 is 1.76 bits per heavy atom. The first-order valence-corrected chi connectivity index (χ1v) is 5.59. The molecule has 2 aromatic rings. The summed E-state index contributed by atoms with van der Waals surface area (Å²) in [5.41, 5.74) is 4.75. The van der Waals surface area contributed by atoms with Gasteiger partial charge in [-0.2, -0.15) is 0 Å². The maximum Gasteiger partial charge on any atom is 0.211 e. The molecule has 0 unspecified atom stereocenters. The summed E-state index contributed by atoms with van der Waals surface area (Å²) in [5.74, 6) is 0.0330. The number of imidazole rings is 1. The zero-order valence-electron chi connectivity index (χ0n) is 10.6. The number of carbonyl (C=O) groups excluding carboxylic acids is 1. The summed E-state index contributed by atoms with van der Waals surface area (Å²) in [6, 6.07) is 4.01. The minimum Gasteiger partial charge on any atom is -0.331 e. The Bertz CT molecular complexity index is 582.